The Morgan fingerprint density at radius 2 is 1.85 bits per heavy atom. The molecular weight excluding hydrogens is 368 g/mol. The van der Waals surface area contributed by atoms with Crippen molar-refractivity contribution in [3.8, 4) is 17.0 Å². The molecule has 4 nitrogen and oxygen atoms in total. The summed E-state index contributed by atoms with van der Waals surface area (Å²) < 4.78 is 5.86. The molecule has 0 fully saturated rings. The van der Waals surface area contributed by atoms with Crippen molar-refractivity contribution >= 4 is 34.5 Å². The van der Waals surface area contributed by atoms with E-state index in [1.54, 1.807) is 49.4 Å². The Balaban J connectivity index is 1.80. The third-order valence-corrected chi connectivity index (χ3v) is 4.83. The van der Waals surface area contributed by atoms with Crippen LogP contribution in [0.15, 0.2) is 53.9 Å². The molecule has 2 aromatic carbocycles. The Bertz CT molecular complexity index is 920. The average Bonchev–Trinajstić information content (AvgIpc) is 3.03. The van der Waals surface area contributed by atoms with E-state index in [9.17, 15) is 4.79 Å². The molecule has 6 heteroatoms. The largest absolute Gasteiger partial charge is 0.478 e. The highest BCUT2D eigenvalue weighted by Crippen LogP contribution is 2.30. The summed E-state index contributed by atoms with van der Waals surface area (Å²) in [7, 11) is 0. The highest BCUT2D eigenvalue weighted by Gasteiger charge is 2.30. The standard InChI is InChI=1S/C20H19ClN2O2S/c1-13-22-18(12-26-13)16-6-4-5-7-17(16)23-19(24)20(2,3)25-15-10-8-14(21)9-11-15/h4-12H,1-3H3,(H,23,24). The van der Waals surface area contributed by atoms with Gasteiger partial charge in [-0.15, -0.1) is 11.3 Å². The molecule has 1 aromatic heterocycles. The molecule has 134 valence electrons. The number of amides is 1. The Morgan fingerprint density at radius 1 is 1.15 bits per heavy atom. The van der Waals surface area contributed by atoms with Crippen LogP contribution in [0.2, 0.25) is 5.02 Å². The predicted octanol–water partition coefficient (Wildman–Crippen LogP) is 5.57. The number of aromatic nitrogens is 1. The number of rotatable bonds is 5. The van der Waals surface area contributed by atoms with Crippen LogP contribution in [-0.4, -0.2) is 16.5 Å². The molecule has 0 atom stereocenters. The lowest BCUT2D eigenvalue weighted by Gasteiger charge is -2.26. The van der Waals surface area contributed by atoms with Gasteiger partial charge in [0.15, 0.2) is 5.60 Å². The first-order valence-electron chi connectivity index (χ1n) is 8.13. The summed E-state index contributed by atoms with van der Waals surface area (Å²) >= 11 is 7.47. The van der Waals surface area contributed by atoms with E-state index in [4.69, 9.17) is 16.3 Å². The second-order valence-corrected chi connectivity index (χ2v) is 7.82. The molecule has 0 aliphatic carbocycles. The summed E-state index contributed by atoms with van der Waals surface area (Å²) in [5.41, 5.74) is 1.38. The fraction of sp³-hybridized carbons (Fsp3) is 0.200. The number of para-hydroxylation sites is 1. The van der Waals surface area contributed by atoms with Gasteiger partial charge in [-0.2, -0.15) is 0 Å². The topological polar surface area (TPSA) is 51.2 Å². The van der Waals surface area contributed by atoms with E-state index in [0.29, 0.717) is 16.5 Å². The number of ether oxygens (including phenoxy) is 1. The van der Waals surface area contributed by atoms with Crippen LogP contribution in [0.4, 0.5) is 5.69 Å². The first-order chi connectivity index (χ1) is 12.3. The summed E-state index contributed by atoms with van der Waals surface area (Å²) in [5, 5.41) is 6.54. The lowest BCUT2D eigenvalue weighted by atomic mass is 10.1. The average molecular weight is 387 g/mol. The van der Waals surface area contributed by atoms with Crippen molar-refractivity contribution in [3.05, 3.63) is 63.9 Å². The van der Waals surface area contributed by atoms with Gasteiger partial charge in [-0.3, -0.25) is 4.79 Å². The molecule has 1 N–H and O–H groups in total. The second kappa shape index (κ2) is 7.48. The zero-order valence-corrected chi connectivity index (χ0v) is 16.3. The first kappa shape index (κ1) is 18.4. The molecule has 0 saturated carbocycles. The number of carbonyl (C=O) groups is 1. The molecule has 0 aliphatic heterocycles. The summed E-state index contributed by atoms with van der Waals surface area (Å²) in [6.07, 6.45) is 0. The van der Waals surface area contributed by atoms with E-state index in [0.717, 1.165) is 16.3 Å². The van der Waals surface area contributed by atoms with Crippen LogP contribution >= 0.6 is 22.9 Å². The zero-order valence-electron chi connectivity index (χ0n) is 14.7. The molecule has 3 rings (SSSR count). The first-order valence-corrected chi connectivity index (χ1v) is 9.38. The normalized spacial score (nSPS) is 11.2. The molecule has 0 spiro atoms. The van der Waals surface area contributed by atoms with E-state index < -0.39 is 5.60 Å². The number of anilines is 1. The molecule has 0 saturated heterocycles. The second-order valence-electron chi connectivity index (χ2n) is 6.32. The molecule has 1 heterocycles. The number of hydrogen-bond acceptors (Lipinski definition) is 4. The molecule has 3 aromatic rings. The van der Waals surface area contributed by atoms with E-state index in [-0.39, 0.29) is 5.91 Å². The van der Waals surface area contributed by atoms with E-state index >= 15 is 0 Å². The number of thiazole rings is 1. The Labute approximate surface area is 161 Å². The van der Waals surface area contributed by atoms with Crippen LogP contribution in [0.25, 0.3) is 11.3 Å². The van der Waals surface area contributed by atoms with Gasteiger partial charge < -0.3 is 10.1 Å². The van der Waals surface area contributed by atoms with E-state index in [1.807, 2.05) is 36.6 Å². The lowest BCUT2D eigenvalue weighted by molar-refractivity contribution is -0.128. The number of nitrogens with one attached hydrogen (secondary N) is 1. The zero-order chi connectivity index (χ0) is 18.7. The maximum absolute atomic E-state index is 12.8. The number of benzene rings is 2. The van der Waals surface area contributed by atoms with Gasteiger partial charge in [-0.25, -0.2) is 4.98 Å². The Hall–Kier alpha value is -2.37. The van der Waals surface area contributed by atoms with Crippen molar-refractivity contribution in [3.63, 3.8) is 0 Å². The number of halogens is 1. The lowest BCUT2D eigenvalue weighted by Crippen LogP contribution is -2.42. The predicted molar refractivity (Wildman–Crippen MR) is 107 cm³/mol. The molecule has 1 amide bonds. The molecule has 0 unspecified atom stereocenters. The SMILES string of the molecule is Cc1nc(-c2ccccc2NC(=O)C(C)(C)Oc2ccc(Cl)cc2)cs1. The number of hydrogen-bond donors (Lipinski definition) is 1. The minimum absolute atomic E-state index is 0.244. The van der Waals surface area contributed by atoms with Crippen molar-refractivity contribution in [2.45, 2.75) is 26.4 Å². The molecule has 0 radical (unpaired) electrons. The number of nitrogens with zero attached hydrogens (tertiary/aromatic N) is 1. The van der Waals surface area contributed by atoms with E-state index in [1.165, 1.54) is 0 Å². The maximum Gasteiger partial charge on any atom is 0.267 e. The smallest absolute Gasteiger partial charge is 0.267 e. The van der Waals surface area contributed by atoms with Crippen LogP contribution in [0, 0.1) is 6.92 Å². The molecular formula is C20H19ClN2O2S. The minimum atomic E-state index is -1.06. The van der Waals surface area contributed by atoms with Gasteiger partial charge in [0.05, 0.1) is 16.4 Å². The summed E-state index contributed by atoms with van der Waals surface area (Å²) in [6.45, 7) is 5.41. The van der Waals surface area contributed by atoms with Crippen molar-refractivity contribution in [2.24, 2.45) is 0 Å². The summed E-state index contributed by atoms with van der Waals surface area (Å²) in [5.74, 6) is 0.338. The van der Waals surface area contributed by atoms with Gasteiger partial charge in [0, 0.05) is 16.0 Å². The van der Waals surface area contributed by atoms with Crippen molar-refractivity contribution in [2.75, 3.05) is 5.32 Å². The highest BCUT2D eigenvalue weighted by atomic mass is 35.5. The summed E-state index contributed by atoms with van der Waals surface area (Å²) in [4.78, 5) is 17.3. The minimum Gasteiger partial charge on any atom is -0.478 e. The molecule has 0 bridgehead atoms. The van der Waals surface area contributed by atoms with E-state index in [2.05, 4.69) is 10.3 Å². The third kappa shape index (κ3) is 4.23. The van der Waals surface area contributed by atoms with Gasteiger partial charge in [0.2, 0.25) is 0 Å². The van der Waals surface area contributed by atoms with Gasteiger partial charge in [-0.1, -0.05) is 29.8 Å². The number of aryl methyl sites for hydroxylation is 1. The van der Waals surface area contributed by atoms with Crippen molar-refractivity contribution in [1.29, 1.82) is 0 Å². The Kier molecular flexibility index (Phi) is 5.30. The highest BCUT2D eigenvalue weighted by molar-refractivity contribution is 7.09. The van der Waals surface area contributed by atoms with Crippen molar-refractivity contribution < 1.29 is 9.53 Å². The Morgan fingerprint density at radius 3 is 2.50 bits per heavy atom. The fourth-order valence-electron chi connectivity index (χ4n) is 2.42. The van der Waals surface area contributed by atoms with Gasteiger partial charge in [-0.05, 0) is 51.1 Å². The van der Waals surface area contributed by atoms with Gasteiger partial charge >= 0.3 is 0 Å². The van der Waals surface area contributed by atoms with Crippen LogP contribution in [0.3, 0.4) is 0 Å². The monoisotopic (exact) mass is 386 g/mol. The molecule has 26 heavy (non-hydrogen) atoms. The third-order valence-electron chi connectivity index (χ3n) is 3.80. The van der Waals surface area contributed by atoms with Crippen LogP contribution in [0.1, 0.15) is 18.9 Å². The van der Waals surface area contributed by atoms with Gasteiger partial charge in [0.1, 0.15) is 5.75 Å². The van der Waals surface area contributed by atoms with Crippen LogP contribution in [0.5, 0.6) is 5.75 Å². The maximum atomic E-state index is 12.8. The van der Waals surface area contributed by atoms with Crippen LogP contribution in [-0.2, 0) is 4.79 Å². The fourth-order valence-corrected chi connectivity index (χ4v) is 3.16. The number of carbonyl (C=O) groups excluding carboxylic acids is 1. The quantitative estimate of drug-likeness (QED) is 0.623. The van der Waals surface area contributed by atoms with Gasteiger partial charge in [0.25, 0.3) is 5.91 Å². The molecule has 0 aliphatic rings. The van der Waals surface area contributed by atoms with Crippen molar-refractivity contribution in [1.82, 2.24) is 4.98 Å². The summed E-state index contributed by atoms with van der Waals surface area (Å²) in [6, 6.07) is 14.5. The van der Waals surface area contributed by atoms with Crippen LogP contribution < -0.4 is 10.1 Å².